The van der Waals surface area contributed by atoms with E-state index in [9.17, 15) is 9.90 Å². The molecule has 0 saturated carbocycles. The van der Waals surface area contributed by atoms with Crippen LogP contribution in [-0.4, -0.2) is 17.8 Å². The fraction of sp³-hybridized carbons (Fsp3) is 0.667. The molecule has 0 rings (SSSR count). The van der Waals surface area contributed by atoms with Gasteiger partial charge in [0.25, 0.3) is 0 Å². The smallest absolute Gasteiger partial charge is 0.548 e. The van der Waals surface area contributed by atoms with E-state index < -0.39 is 12.0 Å². The van der Waals surface area contributed by atoms with Crippen LogP contribution in [0.1, 0.15) is 0 Å². The Labute approximate surface area is 95.8 Å². The standard InChI is InChI=1S/C3H7NO2S.K/c4-2(1-7)3(5)6;/h2,7H,1,4H2,(H,5,6);/q;+1/p-1/t2-;/m0./s1. The zero-order chi connectivity index (χ0) is 5.86. The second-order valence-electron chi connectivity index (χ2n) is 1.11. The Hall–Kier alpha value is 1.42. The Morgan fingerprint density at radius 3 is 2.25 bits per heavy atom. The van der Waals surface area contributed by atoms with Crippen LogP contribution in [0.5, 0.6) is 0 Å². The van der Waals surface area contributed by atoms with Gasteiger partial charge in [0, 0.05) is 5.75 Å². The molecule has 0 spiro atoms. The van der Waals surface area contributed by atoms with Gasteiger partial charge in [-0.2, -0.15) is 12.6 Å². The van der Waals surface area contributed by atoms with Crippen molar-refractivity contribution in [3.05, 3.63) is 0 Å². The van der Waals surface area contributed by atoms with Crippen LogP contribution in [0.3, 0.4) is 0 Å². The van der Waals surface area contributed by atoms with Gasteiger partial charge in [-0.3, -0.25) is 0 Å². The first kappa shape index (κ1) is 12.1. The number of carbonyl (C=O) groups is 1. The van der Waals surface area contributed by atoms with Gasteiger partial charge in [0.1, 0.15) is 0 Å². The fourth-order valence-electron chi connectivity index (χ4n) is 0.0745. The first-order valence-electron chi connectivity index (χ1n) is 1.75. The number of carboxylic acid groups (broad SMARTS) is 1. The zero-order valence-corrected chi connectivity index (χ0v) is 8.64. The summed E-state index contributed by atoms with van der Waals surface area (Å²) in [5, 5.41) is 9.65. The Kier molecular flexibility index (Phi) is 9.91. The molecular formula is C3H6KNO2S. The topological polar surface area (TPSA) is 66.2 Å². The first-order chi connectivity index (χ1) is 3.18. The van der Waals surface area contributed by atoms with Crippen molar-refractivity contribution in [2.45, 2.75) is 6.04 Å². The normalized spacial score (nSPS) is 11.8. The summed E-state index contributed by atoms with van der Waals surface area (Å²) in [7, 11) is 0. The van der Waals surface area contributed by atoms with Crippen molar-refractivity contribution in [2.24, 2.45) is 5.73 Å². The molecule has 0 aliphatic heterocycles. The van der Waals surface area contributed by atoms with Gasteiger partial charge in [0.2, 0.25) is 0 Å². The largest absolute Gasteiger partial charge is 1.00 e. The van der Waals surface area contributed by atoms with Gasteiger partial charge in [0.05, 0.1) is 12.0 Å². The maximum atomic E-state index is 9.65. The van der Waals surface area contributed by atoms with Crippen molar-refractivity contribution in [1.82, 2.24) is 0 Å². The van der Waals surface area contributed by atoms with E-state index in [1.54, 1.807) is 0 Å². The van der Waals surface area contributed by atoms with Crippen molar-refractivity contribution < 1.29 is 61.3 Å². The average Bonchev–Trinajstić information content (AvgIpc) is 1.65. The van der Waals surface area contributed by atoms with Crippen molar-refractivity contribution in [1.29, 1.82) is 0 Å². The Balaban J connectivity index is 0. The summed E-state index contributed by atoms with van der Waals surface area (Å²) < 4.78 is 0. The average molecular weight is 159 g/mol. The fourth-order valence-corrected chi connectivity index (χ4v) is 0.224. The monoisotopic (exact) mass is 159 g/mol. The SMILES string of the molecule is N[C@@H](CS)C(=O)[O-].[K+]. The Morgan fingerprint density at radius 1 is 1.88 bits per heavy atom. The molecule has 5 heteroatoms. The van der Waals surface area contributed by atoms with Gasteiger partial charge >= 0.3 is 51.4 Å². The van der Waals surface area contributed by atoms with Gasteiger partial charge in [-0.25, -0.2) is 0 Å². The van der Waals surface area contributed by atoms with Crippen LogP contribution >= 0.6 is 12.6 Å². The molecule has 1 atom stereocenters. The van der Waals surface area contributed by atoms with E-state index in [1.807, 2.05) is 0 Å². The van der Waals surface area contributed by atoms with Crippen LogP contribution in [0.4, 0.5) is 0 Å². The van der Waals surface area contributed by atoms with Crippen molar-refractivity contribution in [3.63, 3.8) is 0 Å². The predicted octanol–water partition coefficient (Wildman–Crippen LogP) is -5.00. The van der Waals surface area contributed by atoms with Gasteiger partial charge in [-0.05, 0) is 0 Å². The van der Waals surface area contributed by atoms with E-state index in [-0.39, 0.29) is 57.1 Å². The number of hydrogen-bond donors (Lipinski definition) is 2. The molecule has 3 nitrogen and oxygen atoms in total. The number of carbonyl (C=O) groups excluding carboxylic acids is 1. The van der Waals surface area contributed by atoms with Crippen LogP contribution in [0, 0.1) is 0 Å². The maximum absolute atomic E-state index is 9.65. The summed E-state index contributed by atoms with van der Waals surface area (Å²) in [6.07, 6.45) is 0. The number of thiol groups is 1. The second kappa shape index (κ2) is 6.54. The number of carboxylic acids is 1. The van der Waals surface area contributed by atoms with Gasteiger partial charge in [-0.15, -0.1) is 0 Å². The molecule has 0 radical (unpaired) electrons. The summed E-state index contributed by atoms with van der Waals surface area (Å²) >= 11 is 3.61. The van der Waals surface area contributed by atoms with Crippen LogP contribution in [0.2, 0.25) is 0 Å². The third-order valence-electron chi connectivity index (χ3n) is 0.499. The summed E-state index contributed by atoms with van der Waals surface area (Å²) in [5.41, 5.74) is 4.88. The van der Waals surface area contributed by atoms with Crippen molar-refractivity contribution >= 4 is 18.6 Å². The van der Waals surface area contributed by atoms with E-state index in [0.717, 1.165) is 0 Å². The van der Waals surface area contributed by atoms with Crippen LogP contribution in [-0.2, 0) is 4.79 Å². The molecule has 8 heavy (non-hydrogen) atoms. The third-order valence-corrected chi connectivity index (χ3v) is 0.893. The third kappa shape index (κ3) is 5.55. The summed E-state index contributed by atoms with van der Waals surface area (Å²) in [6.45, 7) is 0. The molecule has 0 bridgehead atoms. The zero-order valence-electron chi connectivity index (χ0n) is 4.63. The van der Waals surface area contributed by atoms with E-state index in [4.69, 9.17) is 5.73 Å². The molecule has 0 aliphatic carbocycles. The van der Waals surface area contributed by atoms with Crippen LogP contribution < -0.4 is 62.2 Å². The molecule has 2 N–H and O–H groups in total. The first-order valence-corrected chi connectivity index (χ1v) is 2.39. The minimum Gasteiger partial charge on any atom is -0.548 e. The summed E-state index contributed by atoms with van der Waals surface area (Å²) in [4.78, 5) is 9.65. The molecule has 42 valence electrons. The molecule has 0 amide bonds. The minimum atomic E-state index is -1.25. The number of hydrogen-bond acceptors (Lipinski definition) is 4. The Bertz CT molecular complexity index is 79.7. The molecule has 0 unspecified atom stereocenters. The summed E-state index contributed by atoms with van der Waals surface area (Å²) in [6, 6.07) is -0.927. The van der Waals surface area contributed by atoms with Crippen molar-refractivity contribution in [3.8, 4) is 0 Å². The van der Waals surface area contributed by atoms with Gasteiger partial charge in [0.15, 0.2) is 0 Å². The molecule has 0 heterocycles. The van der Waals surface area contributed by atoms with E-state index >= 15 is 0 Å². The minimum absolute atomic E-state index is 0. The molecule has 0 aromatic carbocycles. The molecule has 0 aromatic heterocycles. The predicted molar refractivity (Wildman–Crippen MR) is 26.8 cm³/mol. The molecular weight excluding hydrogens is 153 g/mol. The molecule has 0 aliphatic rings. The van der Waals surface area contributed by atoms with Gasteiger partial charge < -0.3 is 15.6 Å². The summed E-state index contributed by atoms with van der Waals surface area (Å²) in [5.74, 6) is -1.13. The molecule has 0 saturated heterocycles. The number of nitrogens with two attached hydrogens (primary N) is 1. The van der Waals surface area contributed by atoms with E-state index in [0.29, 0.717) is 0 Å². The van der Waals surface area contributed by atoms with Crippen molar-refractivity contribution in [2.75, 3.05) is 5.75 Å². The maximum Gasteiger partial charge on any atom is 1.00 e. The number of rotatable bonds is 2. The van der Waals surface area contributed by atoms with E-state index in [2.05, 4.69) is 12.6 Å². The second-order valence-corrected chi connectivity index (χ2v) is 1.47. The number of aliphatic carboxylic acids is 1. The van der Waals surface area contributed by atoms with E-state index in [1.165, 1.54) is 0 Å². The van der Waals surface area contributed by atoms with Crippen LogP contribution in [0.25, 0.3) is 0 Å². The quantitative estimate of drug-likeness (QED) is 0.313. The molecule has 0 aromatic rings. The Morgan fingerprint density at radius 2 is 2.25 bits per heavy atom. The molecule has 0 fully saturated rings. The van der Waals surface area contributed by atoms with Gasteiger partial charge in [-0.1, -0.05) is 0 Å². The van der Waals surface area contributed by atoms with Crippen LogP contribution in [0.15, 0.2) is 0 Å².